The Morgan fingerprint density at radius 2 is 1.97 bits per heavy atom. The zero-order valence-corrected chi connectivity index (χ0v) is 19.9. The molecule has 186 valence electrons. The summed E-state index contributed by atoms with van der Waals surface area (Å²) in [6.07, 6.45) is -2.46. The highest BCUT2D eigenvalue weighted by Gasteiger charge is 2.39. The summed E-state index contributed by atoms with van der Waals surface area (Å²) < 4.78 is 76.3. The lowest BCUT2D eigenvalue weighted by atomic mass is 10.0. The van der Waals surface area contributed by atoms with E-state index >= 15 is 8.78 Å². The monoisotopic (exact) mass is 514 g/mol. The number of aromatic nitrogens is 4. The van der Waals surface area contributed by atoms with Gasteiger partial charge in [0.1, 0.15) is 23.1 Å². The van der Waals surface area contributed by atoms with Crippen molar-refractivity contribution in [3.8, 4) is 11.4 Å². The highest BCUT2D eigenvalue weighted by atomic mass is 31.0. The number of ether oxygens (including phenoxy) is 1. The molecule has 2 atom stereocenters. The third kappa shape index (κ3) is 5.32. The summed E-state index contributed by atoms with van der Waals surface area (Å²) in [6, 6.07) is 1.34. The molecule has 7 nitrogen and oxygen atoms in total. The van der Waals surface area contributed by atoms with Gasteiger partial charge in [-0.2, -0.15) is 17.9 Å². The Morgan fingerprint density at radius 1 is 1.29 bits per heavy atom. The average Bonchev–Trinajstić information content (AvgIpc) is 3.08. The topological polar surface area (TPSA) is 79.0 Å². The number of alkyl halides is 3. The number of aryl methyl sites for hydroxylation is 1. The third-order valence-corrected chi connectivity index (χ3v) is 5.63. The Labute approximate surface area is 198 Å². The van der Waals surface area contributed by atoms with Gasteiger partial charge < -0.3 is 4.74 Å². The van der Waals surface area contributed by atoms with Crippen LogP contribution in [0.4, 0.5) is 22.0 Å². The SMILES string of the molecule is CCc1cncc(P)c1/C=C(\F)c1cc(F)c(-n2nc(C=O)n(C)c2=O)cc1O[C@@H](C)C(F)(F)F. The molecule has 0 spiro atoms. The molecule has 0 bridgehead atoms. The number of pyridine rings is 1. The molecule has 0 saturated carbocycles. The normalized spacial score (nSPS) is 13.1. The molecular formula is C22H20F5N4O3P. The van der Waals surface area contributed by atoms with Gasteiger partial charge in [0.2, 0.25) is 0 Å². The molecule has 3 rings (SSSR count). The van der Waals surface area contributed by atoms with Gasteiger partial charge >= 0.3 is 11.9 Å². The number of rotatable bonds is 7. The van der Waals surface area contributed by atoms with Gasteiger partial charge in [0.05, 0.1) is 5.56 Å². The predicted molar refractivity (Wildman–Crippen MR) is 122 cm³/mol. The first-order valence-electron chi connectivity index (χ1n) is 10.2. The van der Waals surface area contributed by atoms with Gasteiger partial charge in [-0.25, -0.2) is 13.6 Å². The van der Waals surface area contributed by atoms with Crippen molar-refractivity contribution in [2.45, 2.75) is 32.5 Å². The van der Waals surface area contributed by atoms with Gasteiger partial charge in [-0.05, 0) is 41.9 Å². The van der Waals surface area contributed by atoms with Crippen LogP contribution in [0.1, 0.15) is 41.2 Å². The van der Waals surface area contributed by atoms with Crippen molar-refractivity contribution >= 4 is 32.7 Å². The molecule has 0 N–H and O–H groups in total. The molecule has 13 heteroatoms. The molecule has 35 heavy (non-hydrogen) atoms. The van der Waals surface area contributed by atoms with E-state index in [9.17, 15) is 22.8 Å². The summed E-state index contributed by atoms with van der Waals surface area (Å²) in [5.41, 5.74) is -1.12. The maximum absolute atomic E-state index is 15.4. The van der Waals surface area contributed by atoms with Gasteiger partial charge in [-0.3, -0.25) is 14.3 Å². The van der Waals surface area contributed by atoms with Crippen LogP contribution in [0.25, 0.3) is 17.6 Å². The first-order valence-corrected chi connectivity index (χ1v) is 10.7. The van der Waals surface area contributed by atoms with E-state index in [-0.39, 0.29) is 12.1 Å². The Balaban J connectivity index is 2.24. The van der Waals surface area contributed by atoms with Crippen molar-refractivity contribution in [1.82, 2.24) is 19.3 Å². The van der Waals surface area contributed by atoms with Crippen LogP contribution in [0.15, 0.2) is 29.3 Å². The van der Waals surface area contributed by atoms with Crippen LogP contribution >= 0.6 is 9.24 Å². The van der Waals surface area contributed by atoms with Crippen molar-refractivity contribution < 1.29 is 31.5 Å². The number of carbonyl (C=O) groups excluding carboxylic acids is 1. The Kier molecular flexibility index (Phi) is 7.54. The smallest absolute Gasteiger partial charge is 0.425 e. The number of benzene rings is 1. The van der Waals surface area contributed by atoms with Crippen molar-refractivity contribution in [3.63, 3.8) is 0 Å². The Bertz CT molecular complexity index is 1360. The van der Waals surface area contributed by atoms with Crippen LogP contribution in [0.3, 0.4) is 0 Å². The number of hydrogen-bond acceptors (Lipinski definition) is 5. The molecule has 0 amide bonds. The van der Waals surface area contributed by atoms with E-state index < -0.39 is 46.6 Å². The second kappa shape index (κ2) is 10.1. The molecule has 0 radical (unpaired) electrons. The molecule has 0 aliphatic rings. The molecule has 0 saturated heterocycles. The fourth-order valence-corrected chi connectivity index (χ4v) is 3.51. The molecule has 3 aromatic rings. The van der Waals surface area contributed by atoms with Gasteiger partial charge in [-0.15, -0.1) is 14.3 Å². The maximum Gasteiger partial charge on any atom is 0.425 e. The van der Waals surface area contributed by atoms with Crippen molar-refractivity contribution in [2.24, 2.45) is 7.05 Å². The Hall–Kier alpha value is -3.40. The molecule has 0 aliphatic carbocycles. The Morgan fingerprint density at radius 3 is 2.54 bits per heavy atom. The highest BCUT2D eigenvalue weighted by molar-refractivity contribution is 7.27. The molecule has 0 fully saturated rings. The van der Waals surface area contributed by atoms with E-state index in [0.717, 1.165) is 16.7 Å². The number of carbonyl (C=O) groups is 1. The van der Waals surface area contributed by atoms with Crippen LogP contribution in [0.5, 0.6) is 5.75 Å². The fourth-order valence-electron chi connectivity index (χ4n) is 3.15. The quantitative estimate of drug-likeness (QED) is 0.273. The summed E-state index contributed by atoms with van der Waals surface area (Å²) >= 11 is 0. The van der Waals surface area contributed by atoms with Crippen LogP contribution in [0.2, 0.25) is 0 Å². The second-order valence-corrected chi connectivity index (χ2v) is 8.10. The van der Waals surface area contributed by atoms with Crippen LogP contribution in [0, 0.1) is 5.82 Å². The van der Waals surface area contributed by atoms with E-state index in [4.69, 9.17) is 4.74 Å². The molecule has 1 aromatic carbocycles. The molecule has 1 unspecified atom stereocenters. The number of nitrogens with zero attached hydrogens (tertiary/aromatic N) is 4. The number of aldehydes is 1. The van der Waals surface area contributed by atoms with Crippen molar-refractivity contribution in [2.75, 3.05) is 0 Å². The average molecular weight is 514 g/mol. The molecule has 2 aromatic heterocycles. The molecular weight excluding hydrogens is 494 g/mol. The molecule has 0 aliphatic heterocycles. The zero-order valence-electron chi connectivity index (χ0n) is 18.7. The van der Waals surface area contributed by atoms with Crippen LogP contribution in [-0.4, -0.2) is 37.9 Å². The summed E-state index contributed by atoms with van der Waals surface area (Å²) in [5, 5.41) is 4.19. The molecule has 2 heterocycles. The lowest BCUT2D eigenvalue weighted by Crippen LogP contribution is -2.31. The lowest BCUT2D eigenvalue weighted by molar-refractivity contribution is -0.189. The van der Waals surface area contributed by atoms with E-state index in [1.54, 1.807) is 0 Å². The highest BCUT2D eigenvalue weighted by Crippen LogP contribution is 2.35. The summed E-state index contributed by atoms with van der Waals surface area (Å²) in [6.45, 7) is 2.51. The van der Waals surface area contributed by atoms with E-state index in [0.29, 0.717) is 40.5 Å². The van der Waals surface area contributed by atoms with Crippen LogP contribution < -0.4 is 15.7 Å². The summed E-state index contributed by atoms with van der Waals surface area (Å²) in [4.78, 5) is 27.5. The largest absolute Gasteiger partial charge is 0.480 e. The lowest BCUT2D eigenvalue weighted by Gasteiger charge is -2.20. The minimum absolute atomic E-state index is 0.246. The van der Waals surface area contributed by atoms with Crippen molar-refractivity contribution in [3.05, 3.63) is 63.3 Å². The standard InChI is InChI=1S/C22H20F5N4O3P/c1-4-12-8-28-9-19(35)13(12)5-15(23)14-6-16(24)17(7-18(14)34-11(2)22(25,26)27)31-21(33)30(3)20(10-32)29-31/h5-11H,4,35H2,1-3H3/b15-5-/t11-/m0/s1. The minimum atomic E-state index is -4.81. The second-order valence-electron chi connectivity index (χ2n) is 7.48. The van der Waals surface area contributed by atoms with E-state index in [1.165, 1.54) is 19.4 Å². The summed E-state index contributed by atoms with van der Waals surface area (Å²) in [7, 11) is 3.58. The van der Waals surface area contributed by atoms with Gasteiger partial charge in [0.25, 0.3) is 0 Å². The number of hydrogen-bond donors (Lipinski definition) is 0. The predicted octanol–water partition coefficient (Wildman–Crippen LogP) is 3.78. The van der Waals surface area contributed by atoms with E-state index in [1.807, 2.05) is 6.92 Å². The van der Waals surface area contributed by atoms with Gasteiger partial charge in [0.15, 0.2) is 18.2 Å². The van der Waals surface area contributed by atoms with Crippen LogP contribution in [-0.2, 0) is 13.5 Å². The van der Waals surface area contributed by atoms with Crippen molar-refractivity contribution in [1.29, 1.82) is 0 Å². The van der Waals surface area contributed by atoms with E-state index in [2.05, 4.69) is 19.3 Å². The maximum atomic E-state index is 15.4. The third-order valence-electron chi connectivity index (χ3n) is 5.17. The number of halogens is 5. The first kappa shape index (κ1) is 26.2. The minimum Gasteiger partial charge on any atom is -0.480 e. The summed E-state index contributed by atoms with van der Waals surface area (Å²) in [5.74, 6) is -3.29. The first-order chi connectivity index (χ1) is 16.4. The fraction of sp³-hybridized carbons (Fsp3) is 0.273. The van der Waals surface area contributed by atoms with Gasteiger partial charge in [-0.1, -0.05) is 6.92 Å². The zero-order chi connectivity index (χ0) is 26.1. The van der Waals surface area contributed by atoms with Gasteiger partial charge in [0, 0.05) is 25.5 Å².